The fraction of sp³-hybridized carbons (Fsp3) is 0.0417. The van der Waals surface area contributed by atoms with Gasteiger partial charge in [0.1, 0.15) is 10.8 Å². The summed E-state index contributed by atoms with van der Waals surface area (Å²) in [5, 5.41) is 19.5. The molecule has 0 aliphatic heterocycles. The molecule has 1 unspecified atom stereocenters. The van der Waals surface area contributed by atoms with E-state index in [2.05, 4.69) is 25.1 Å². The number of H-pyrrole nitrogens is 2. The molecular formula is C24H16N6O2S. The van der Waals surface area contributed by atoms with Crippen molar-refractivity contribution in [2.24, 2.45) is 0 Å². The molecule has 33 heavy (non-hydrogen) atoms. The fourth-order valence-electron chi connectivity index (χ4n) is 4.07. The van der Waals surface area contributed by atoms with E-state index in [4.69, 9.17) is 10.1 Å². The third-order valence-electron chi connectivity index (χ3n) is 5.54. The molecule has 6 rings (SSSR count). The molecule has 0 radical (unpaired) electrons. The van der Waals surface area contributed by atoms with Crippen molar-refractivity contribution < 1.29 is 4.74 Å². The number of nitrogens with zero attached hydrogens (tertiary/aromatic N) is 3. The Morgan fingerprint density at radius 3 is 2.79 bits per heavy atom. The minimum absolute atomic E-state index is 0.0654. The van der Waals surface area contributed by atoms with Gasteiger partial charge in [-0.3, -0.25) is 14.9 Å². The number of allylic oxidation sites excluding steroid dienone is 1. The Morgan fingerprint density at radius 2 is 1.97 bits per heavy atom. The molecule has 3 aromatic heterocycles. The van der Waals surface area contributed by atoms with E-state index >= 15 is 0 Å². The number of benzene rings is 2. The Hall–Kier alpha value is -4.37. The number of ether oxygens (including phenoxy) is 1. The summed E-state index contributed by atoms with van der Waals surface area (Å²) in [5.41, 5.74) is 2.80. The molecule has 1 aliphatic rings. The first-order valence-corrected chi connectivity index (χ1v) is 11.1. The van der Waals surface area contributed by atoms with Crippen molar-refractivity contribution in [3.63, 3.8) is 0 Å². The van der Waals surface area contributed by atoms with Crippen LogP contribution < -0.4 is 10.3 Å². The third kappa shape index (κ3) is 3.26. The van der Waals surface area contributed by atoms with E-state index in [1.54, 1.807) is 24.5 Å². The van der Waals surface area contributed by atoms with Gasteiger partial charge in [0.05, 0.1) is 28.7 Å². The maximum absolute atomic E-state index is 13.2. The lowest BCUT2D eigenvalue weighted by molar-refractivity contribution is 0.439. The largest absolute Gasteiger partial charge is 0.426 e. The molecule has 1 atom stereocenters. The maximum atomic E-state index is 13.2. The van der Waals surface area contributed by atoms with Gasteiger partial charge in [0.25, 0.3) is 5.56 Å². The zero-order valence-corrected chi connectivity index (χ0v) is 17.9. The van der Waals surface area contributed by atoms with E-state index in [1.165, 1.54) is 11.3 Å². The van der Waals surface area contributed by atoms with Gasteiger partial charge in [0, 0.05) is 28.5 Å². The van der Waals surface area contributed by atoms with Gasteiger partial charge in [-0.2, -0.15) is 10.1 Å². The normalized spacial score (nSPS) is 15.3. The summed E-state index contributed by atoms with van der Waals surface area (Å²) in [5.74, 6) is 0.0947. The number of para-hydroxylation sites is 1. The topological polar surface area (TPSA) is 120 Å². The van der Waals surface area contributed by atoms with E-state index < -0.39 is 11.5 Å². The van der Waals surface area contributed by atoms with Gasteiger partial charge < -0.3 is 10.1 Å². The number of hydrogen-bond donors (Lipinski definition) is 3. The number of aromatic amines is 2. The highest BCUT2D eigenvalue weighted by Crippen LogP contribution is 2.39. The Labute approximate surface area is 191 Å². The van der Waals surface area contributed by atoms with Crippen LogP contribution in [-0.2, 0) is 0 Å². The molecule has 0 saturated carbocycles. The number of thiazole rings is 1. The average molecular weight is 452 g/mol. The van der Waals surface area contributed by atoms with Gasteiger partial charge in [-0.1, -0.05) is 36.4 Å². The molecule has 3 heterocycles. The Balaban J connectivity index is 1.54. The van der Waals surface area contributed by atoms with Crippen LogP contribution in [0.4, 0.5) is 0 Å². The van der Waals surface area contributed by atoms with Crippen molar-refractivity contribution in [3.8, 4) is 11.8 Å². The summed E-state index contributed by atoms with van der Waals surface area (Å²) in [6.45, 7) is 0. The highest BCUT2D eigenvalue weighted by molar-refractivity contribution is 7.10. The van der Waals surface area contributed by atoms with Crippen LogP contribution in [0.1, 0.15) is 27.7 Å². The van der Waals surface area contributed by atoms with Crippen molar-refractivity contribution in [1.29, 1.82) is 5.41 Å². The zero-order chi connectivity index (χ0) is 22.4. The molecule has 9 heteroatoms. The van der Waals surface area contributed by atoms with Crippen LogP contribution in [0.5, 0.6) is 11.8 Å². The van der Waals surface area contributed by atoms with E-state index in [-0.39, 0.29) is 17.3 Å². The first-order chi connectivity index (χ1) is 16.2. The molecule has 0 fully saturated rings. The number of nitrogens with one attached hydrogen (secondary N) is 3. The standard InChI is InChI=1S/C24H16N6O2S/c25-20-15(14-7-4-8-18-17(14)12-27-30-18)11-16(23-26-9-10-33-23)21-19(20)22(31)29-24(28-21)32-13-5-2-1-3-6-13/h1-12,15,25H,(H,27,30)(H,28,29,31). The van der Waals surface area contributed by atoms with Crippen LogP contribution in [0.15, 0.2) is 77.2 Å². The molecule has 160 valence electrons. The SMILES string of the molecule is N=C1c2c(nc(Oc3ccccc3)[nH]c2=O)C(c2nccs2)=CC1c1cccc2[nH]ncc12. The third-order valence-corrected chi connectivity index (χ3v) is 6.35. The average Bonchev–Trinajstić information content (AvgIpc) is 3.52. The molecule has 3 N–H and O–H groups in total. The highest BCUT2D eigenvalue weighted by Gasteiger charge is 2.33. The second-order valence-electron chi connectivity index (χ2n) is 7.50. The lowest BCUT2D eigenvalue weighted by Gasteiger charge is -2.24. The molecule has 0 saturated heterocycles. The number of fused-ring (bicyclic) bond motifs is 2. The minimum Gasteiger partial charge on any atom is -0.426 e. The van der Waals surface area contributed by atoms with Crippen LogP contribution >= 0.6 is 11.3 Å². The van der Waals surface area contributed by atoms with Crippen molar-refractivity contribution in [3.05, 3.63) is 105 Å². The second kappa shape index (κ2) is 7.64. The number of aromatic nitrogens is 5. The number of rotatable bonds is 4. The fourth-order valence-corrected chi connectivity index (χ4v) is 4.73. The summed E-state index contributed by atoms with van der Waals surface area (Å²) in [6, 6.07) is 15.0. The van der Waals surface area contributed by atoms with Gasteiger partial charge in [-0.25, -0.2) is 4.98 Å². The van der Waals surface area contributed by atoms with Crippen LogP contribution in [0.25, 0.3) is 16.5 Å². The second-order valence-corrected chi connectivity index (χ2v) is 8.39. The van der Waals surface area contributed by atoms with Gasteiger partial charge >= 0.3 is 6.01 Å². The summed E-state index contributed by atoms with van der Waals surface area (Å²) >= 11 is 1.45. The predicted molar refractivity (Wildman–Crippen MR) is 126 cm³/mol. The van der Waals surface area contributed by atoms with Crippen molar-refractivity contribution >= 4 is 33.5 Å². The maximum Gasteiger partial charge on any atom is 0.302 e. The molecular weight excluding hydrogens is 436 g/mol. The first kappa shape index (κ1) is 19.3. The van der Waals surface area contributed by atoms with E-state index in [1.807, 2.05) is 47.9 Å². The first-order valence-electron chi connectivity index (χ1n) is 10.2. The Bertz CT molecular complexity index is 1580. The Morgan fingerprint density at radius 1 is 1.09 bits per heavy atom. The molecule has 0 amide bonds. The van der Waals surface area contributed by atoms with Gasteiger partial charge in [0.2, 0.25) is 0 Å². The summed E-state index contributed by atoms with van der Waals surface area (Å²) in [7, 11) is 0. The molecule has 0 spiro atoms. The monoisotopic (exact) mass is 452 g/mol. The quantitative estimate of drug-likeness (QED) is 0.371. The van der Waals surface area contributed by atoms with E-state index in [9.17, 15) is 4.79 Å². The van der Waals surface area contributed by atoms with Crippen LogP contribution in [0, 0.1) is 5.41 Å². The molecule has 8 nitrogen and oxygen atoms in total. The van der Waals surface area contributed by atoms with Gasteiger partial charge in [-0.15, -0.1) is 11.3 Å². The smallest absolute Gasteiger partial charge is 0.302 e. The molecule has 5 aromatic rings. The lowest BCUT2D eigenvalue weighted by Crippen LogP contribution is -2.29. The summed E-state index contributed by atoms with van der Waals surface area (Å²) in [4.78, 5) is 25.0. The van der Waals surface area contributed by atoms with Gasteiger partial charge in [0.15, 0.2) is 0 Å². The van der Waals surface area contributed by atoms with E-state index in [0.29, 0.717) is 17.0 Å². The lowest BCUT2D eigenvalue weighted by atomic mass is 9.81. The minimum atomic E-state index is -0.457. The van der Waals surface area contributed by atoms with Crippen molar-refractivity contribution in [1.82, 2.24) is 25.1 Å². The van der Waals surface area contributed by atoms with Crippen LogP contribution in [0.3, 0.4) is 0 Å². The summed E-state index contributed by atoms with van der Waals surface area (Å²) in [6.07, 6.45) is 5.40. The molecule has 2 aromatic carbocycles. The molecule has 1 aliphatic carbocycles. The van der Waals surface area contributed by atoms with E-state index in [0.717, 1.165) is 21.5 Å². The van der Waals surface area contributed by atoms with Gasteiger partial charge in [-0.05, 0) is 23.8 Å². The molecule has 0 bridgehead atoms. The summed E-state index contributed by atoms with van der Waals surface area (Å²) < 4.78 is 5.79. The Kier molecular flexibility index (Phi) is 4.48. The zero-order valence-electron chi connectivity index (χ0n) is 17.1. The van der Waals surface area contributed by atoms with Crippen molar-refractivity contribution in [2.45, 2.75) is 5.92 Å². The van der Waals surface area contributed by atoms with Crippen molar-refractivity contribution in [2.75, 3.05) is 0 Å². The number of hydrogen-bond acceptors (Lipinski definition) is 7. The predicted octanol–water partition coefficient (Wildman–Crippen LogP) is 4.49. The highest BCUT2D eigenvalue weighted by atomic mass is 32.1. The van der Waals surface area contributed by atoms with Crippen LogP contribution in [0.2, 0.25) is 0 Å². The van der Waals surface area contributed by atoms with Crippen LogP contribution in [-0.4, -0.2) is 30.9 Å².